The summed E-state index contributed by atoms with van der Waals surface area (Å²) in [5, 5.41) is 10.7. The van der Waals surface area contributed by atoms with E-state index in [1.54, 1.807) is 18.3 Å². The molecule has 1 aromatic heterocycles. The first kappa shape index (κ1) is 20.4. The van der Waals surface area contributed by atoms with Gasteiger partial charge in [0.15, 0.2) is 11.5 Å². The minimum absolute atomic E-state index is 0.0125. The molecule has 0 N–H and O–H groups in total. The highest BCUT2D eigenvalue weighted by molar-refractivity contribution is 8.03. The molecule has 0 unspecified atom stereocenters. The first-order valence-corrected chi connectivity index (χ1v) is 10.8. The molecule has 1 saturated heterocycles. The summed E-state index contributed by atoms with van der Waals surface area (Å²) in [5.41, 5.74) is 1.51. The number of carbonyl (C=O) groups is 1. The van der Waals surface area contributed by atoms with Crippen LogP contribution >= 0.6 is 11.8 Å². The fourth-order valence-corrected chi connectivity index (χ4v) is 4.93. The Morgan fingerprint density at radius 1 is 1.33 bits per heavy atom. The molecule has 1 atom stereocenters. The van der Waals surface area contributed by atoms with Crippen LogP contribution in [-0.4, -0.2) is 42.0 Å². The maximum Gasteiger partial charge on any atom is 0.229 e. The molecule has 0 radical (unpaired) electrons. The highest BCUT2D eigenvalue weighted by Gasteiger charge is 2.38. The lowest BCUT2D eigenvalue weighted by Crippen LogP contribution is -2.46. The van der Waals surface area contributed by atoms with Gasteiger partial charge in [0.2, 0.25) is 5.91 Å². The number of methoxy groups -OCH3 is 1. The predicted octanol–water partition coefficient (Wildman–Crippen LogP) is 3.90. The van der Waals surface area contributed by atoms with Gasteiger partial charge in [-0.3, -0.25) is 14.6 Å². The molecule has 0 bridgehead atoms. The number of ether oxygens (including phenoxy) is 2. The molecule has 0 aliphatic carbocycles. The molecular weight excluding hydrogens is 402 g/mol. The standard InChI is InChI=1S/C22H23N3O4S/c1-3-28-19-7-6-15(9-20(19)27-2)17-10-21(26)25-13-24(12-16-5-4-8-29-16)14-30-22(25)18(17)11-23/h4-9,17H,3,10,12-14H2,1-2H3/t17-/m0/s1. The Hall–Kier alpha value is -2.89. The fourth-order valence-electron chi connectivity index (χ4n) is 3.79. The van der Waals surface area contributed by atoms with Gasteiger partial charge in [-0.25, -0.2) is 0 Å². The molecule has 1 aromatic carbocycles. The normalized spacial score (nSPS) is 19.4. The summed E-state index contributed by atoms with van der Waals surface area (Å²) in [4.78, 5) is 16.9. The van der Waals surface area contributed by atoms with Gasteiger partial charge in [-0.05, 0) is 36.8 Å². The molecular formula is C22H23N3O4S. The zero-order valence-corrected chi connectivity index (χ0v) is 17.8. The van der Waals surface area contributed by atoms with Gasteiger partial charge in [-0.15, -0.1) is 0 Å². The van der Waals surface area contributed by atoms with Gasteiger partial charge in [0.25, 0.3) is 0 Å². The Morgan fingerprint density at radius 2 is 2.20 bits per heavy atom. The average Bonchev–Trinajstić information content (AvgIpc) is 3.27. The van der Waals surface area contributed by atoms with E-state index in [1.807, 2.05) is 37.3 Å². The molecule has 8 heteroatoms. The third-order valence-electron chi connectivity index (χ3n) is 5.20. The second-order valence-electron chi connectivity index (χ2n) is 7.08. The lowest BCUT2D eigenvalue weighted by atomic mass is 9.86. The molecule has 0 spiro atoms. The third-order valence-corrected chi connectivity index (χ3v) is 6.41. The molecule has 2 aliphatic rings. The van der Waals surface area contributed by atoms with Crippen LogP contribution in [0.5, 0.6) is 11.5 Å². The van der Waals surface area contributed by atoms with E-state index in [1.165, 1.54) is 11.8 Å². The van der Waals surface area contributed by atoms with E-state index in [0.29, 0.717) is 42.8 Å². The largest absolute Gasteiger partial charge is 0.493 e. The van der Waals surface area contributed by atoms with Crippen molar-refractivity contribution >= 4 is 17.7 Å². The second-order valence-corrected chi connectivity index (χ2v) is 8.01. The van der Waals surface area contributed by atoms with Crippen molar-refractivity contribution in [2.45, 2.75) is 25.8 Å². The van der Waals surface area contributed by atoms with Crippen molar-refractivity contribution in [1.29, 1.82) is 5.26 Å². The molecule has 1 fully saturated rings. The number of nitrogens with zero attached hydrogens (tertiary/aromatic N) is 3. The number of carbonyl (C=O) groups excluding carboxylic acids is 1. The number of rotatable bonds is 6. The number of benzene rings is 1. The van der Waals surface area contributed by atoms with Crippen molar-refractivity contribution in [2.75, 3.05) is 26.3 Å². The molecule has 0 saturated carbocycles. The number of hydrogen-bond donors (Lipinski definition) is 0. The van der Waals surface area contributed by atoms with Gasteiger partial charge in [-0.2, -0.15) is 5.26 Å². The van der Waals surface area contributed by atoms with E-state index in [2.05, 4.69) is 11.0 Å². The zero-order valence-electron chi connectivity index (χ0n) is 17.0. The zero-order chi connectivity index (χ0) is 21.1. The maximum absolute atomic E-state index is 13.0. The van der Waals surface area contributed by atoms with Crippen molar-refractivity contribution in [2.24, 2.45) is 0 Å². The minimum atomic E-state index is -0.289. The number of allylic oxidation sites excluding steroid dienone is 1. The van der Waals surface area contributed by atoms with Crippen molar-refractivity contribution in [3.05, 3.63) is 58.5 Å². The van der Waals surface area contributed by atoms with Crippen molar-refractivity contribution in [1.82, 2.24) is 9.80 Å². The van der Waals surface area contributed by atoms with E-state index in [-0.39, 0.29) is 18.2 Å². The quantitative estimate of drug-likeness (QED) is 0.694. The summed E-state index contributed by atoms with van der Waals surface area (Å²) in [6, 6.07) is 11.8. The third kappa shape index (κ3) is 3.91. The van der Waals surface area contributed by atoms with Crippen LogP contribution in [0.4, 0.5) is 0 Å². The molecule has 2 aliphatic heterocycles. The van der Waals surface area contributed by atoms with Crippen LogP contribution in [0.25, 0.3) is 0 Å². The fraction of sp³-hybridized carbons (Fsp3) is 0.364. The van der Waals surface area contributed by atoms with Crippen LogP contribution in [0.15, 0.2) is 51.6 Å². The van der Waals surface area contributed by atoms with E-state index >= 15 is 0 Å². The van der Waals surface area contributed by atoms with Crippen LogP contribution < -0.4 is 9.47 Å². The molecule has 2 aromatic rings. The summed E-state index contributed by atoms with van der Waals surface area (Å²) in [7, 11) is 1.59. The van der Waals surface area contributed by atoms with E-state index in [0.717, 1.165) is 16.4 Å². The Bertz CT molecular complexity index is 996. The number of nitriles is 1. The van der Waals surface area contributed by atoms with Gasteiger partial charge in [-0.1, -0.05) is 17.8 Å². The average molecular weight is 426 g/mol. The Labute approximate surface area is 179 Å². The first-order chi connectivity index (χ1) is 14.6. The van der Waals surface area contributed by atoms with E-state index in [4.69, 9.17) is 13.9 Å². The number of fused-ring (bicyclic) bond motifs is 1. The van der Waals surface area contributed by atoms with E-state index in [9.17, 15) is 10.1 Å². The SMILES string of the molecule is CCOc1ccc([C@@H]2CC(=O)N3CN(Cc4ccco4)CSC3=C2C#N)cc1OC. The first-order valence-electron chi connectivity index (χ1n) is 9.77. The van der Waals surface area contributed by atoms with Gasteiger partial charge >= 0.3 is 0 Å². The molecule has 7 nitrogen and oxygen atoms in total. The summed E-state index contributed by atoms with van der Waals surface area (Å²) in [6.45, 7) is 3.52. The van der Waals surface area contributed by atoms with Gasteiger partial charge < -0.3 is 13.9 Å². The molecule has 4 rings (SSSR count). The Morgan fingerprint density at radius 3 is 2.90 bits per heavy atom. The lowest BCUT2D eigenvalue weighted by Gasteiger charge is -2.41. The second kappa shape index (κ2) is 8.86. The van der Waals surface area contributed by atoms with Crippen LogP contribution in [0.2, 0.25) is 0 Å². The van der Waals surface area contributed by atoms with E-state index < -0.39 is 0 Å². The highest BCUT2D eigenvalue weighted by atomic mass is 32.2. The number of hydrogen-bond acceptors (Lipinski definition) is 7. The highest BCUT2D eigenvalue weighted by Crippen LogP contribution is 2.44. The van der Waals surface area contributed by atoms with Crippen molar-refractivity contribution in [3.63, 3.8) is 0 Å². The smallest absolute Gasteiger partial charge is 0.229 e. The van der Waals surface area contributed by atoms with Gasteiger partial charge in [0.05, 0.1) is 55.7 Å². The molecule has 156 valence electrons. The molecule has 30 heavy (non-hydrogen) atoms. The summed E-state index contributed by atoms with van der Waals surface area (Å²) in [6.07, 6.45) is 1.89. The Balaban J connectivity index is 1.61. The summed E-state index contributed by atoms with van der Waals surface area (Å²) >= 11 is 1.52. The van der Waals surface area contributed by atoms with Crippen LogP contribution in [0.1, 0.15) is 30.6 Å². The van der Waals surface area contributed by atoms with Crippen LogP contribution in [0.3, 0.4) is 0 Å². The summed E-state index contributed by atoms with van der Waals surface area (Å²) < 4.78 is 16.5. The van der Waals surface area contributed by atoms with Crippen molar-refractivity contribution < 1.29 is 18.7 Å². The maximum atomic E-state index is 13.0. The molecule has 3 heterocycles. The predicted molar refractivity (Wildman–Crippen MR) is 113 cm³/mol. The lowest BCUT2D eigenvalue weighted by molar-refractivity contribution is -0.132. The number of amides is 1. The monoisotopic (exact) mass is 425 g/mol. The van der Waals surface area contributed by atoms with Crippen molar-refractivity contribution in [3.8, 4) is 17.6 Å². The number of furan rings is 1. The van der Waals surface area contributed by atoms with Gasteiger partial charge in [0.1, 0.15) is 5.76 Å². The molecule has 1 amide bonds. The van der Waals surface area contributed by atoms with Crippen LogP contribution in [-0.2, 0) is 11.3 Å². The Kier molecular flexibility index (Phi) is 6.02. The summed E-state index contributed by atoms with van der Waals surface area (Å²) in [5.74, 6) is 2.52. The van der Waals surface area contributed by atoms with Crippen LogP contribution in [0, 0.1) is 11.3 Å². The topological polar surface area (TPSA) is 78.9 Å². The number of thioether (sulfide) groups is 1. The van der Waals surface area contributed by atoms with Gasteiger partial charge in [0, 0.05) is 12.3 Å². The minimum Gasteiger partial charge on any atom is -0.493 e.